The standard InChI is InChI=1S/C56H38N2O2/c1-55(2)43-24-14-12-22-40(43)41-28-26-36(32-46(41)55)48-34-47(35-16-6-3-7-17-35)57-54(58-48)37-27-30-49-51(33-37)59-50-31-29-45-52(53(50)60-49)42-23-13-15-25-44(42)56(45,38-18-8-4-9-19-38)39-20-10-5-11-21-39/h3-34H,1-2H3. The van der Waals surface area contributed by atoms with Crippen LogP contribution in [-0.2, 0) is 10.8 Å². The van der Waals surface area contributed by atoms with E-state index in [-0.39, 0.29) is 5.41 Å². The summed E-state index contributed by atoms with van der Waals surface area (Å²) in [6, 6.07) is 68.6. The Balaban J connectivity index is 0.969. The van der Waals surface area contributed by atoms with Gasteiger partial charge in [-0.25, -0.2) is 9.97 Å². The van der Waals surface area contributed by atoms with Crippen LogP contribution in [-0.4, -0.2) is 9.97 Å². The molecule has 0 spiro atoms. The third-order valence-electron chi connectivity index (χ3n) is 12.8. The largest absolute Gasteiger partial charge is 0.449 e. The van der Waals surface area contributed by atoms with Gasteiger partial charge in [0.2, 0.25) is 0 Å². The predicted molar refractivity (Wildman–Crippen MR) is 240 cm³/mol. The molecule has 1 aliphatic heterocycles. The van der Waals surface area contributed by atoms with Crippen molar-refractivity contribution in [2.75, 3.05) is 0 Å². The Morgan fingerprint density at radius 3 is 1.70 bits per heavy atom. The van der Waals surface area contributed by atoms with Crippen molar-refractivity contribution in [2.24, 2.45) is 0 Å². The lowest BCUT2D eigenvalue weighted by Gasteiger charge is -2.34. The van der Waals surface area contributed by atoms with Gasteiger partial charge < -0.3 is 9.47 Å². The van der Waals surface area contributed by atoms with Crippen molar-refractivity contribution in [1.29, 1.82) is 0 Å². The summed E-state index contributed by atoms with van der Waals surface area (Å²) in [5.41, 5.74) is 16.2. The zero-order valence-electron chi connectivity index (χ0n) is 33.2. The predicted octanol–water partition coefficient (Wildman–Crippen LogP) is 14.0. The summed E-state index contributed by atoms with van der Waals surface area (Å²) in [7, 11) is 0. The number of hydrogen-bond acceptors (Lipinski definition) is 4. The monoisotopic (exact) mass is 770 g/mol. The van der Waals surface area contributed by atoms with E-state index in [1.54, 1.807) is 0 Å². The molecular formula is C56H38N2O2. The molecule has 0 unspecified atom stereocenters. The third-order valence-corrected chi connectivity index (χ3v) is 12.8. The summed E-state index contributed by atoms with van der Waals surface area (Å²) in [5, 5.41) is 0. The molecule has 0 atom stereocenters. The van der Waals surface area contributed by atoms with Gasteiger partial charge in [0.1, 0.15) is 0 Å². The maximum Gasteiger partial charge on any atom is 0.178 e. The molecule has 60 heavy (non-hydrogen) atoms. The fourth-order valence-corrected chi connectivity index (χ4v) is 10.0. The fraction of sp³-hybridized carbons (Fsp3) is 0.0714. The van der Waals surface area contributed by atoms with Gasteiger partial charge in [0.05, 0.1) is 16.8 Å². The van der Waals surface area contributed by atoms with Gasteiger partial charge in [0, 0.05) is 27.7 Å². The highest BCUT2D eigenvalue weighted by Gasteiger charge is 2.48. The Kier molecular flexibility index (Phi) is 7.45. The first kappa shape index (κ1) is 34.5. The number of nitrogens with zero attached hydrogens (tertiary/aromatic N) is 2. The Morgan fingerprint density at radius 2 is 0.967 bits per heavy atom. The maximum atomic E-state index is 6.94. The van der Waals surface area contributed by atoms with Crippen LogP contribution in [0.25, 0.3) is 56.2 Å². The molecule has 8 aromatic carbocycles. The molecular weight excluding hydrogens is 733 g/mol. The van der Waals surface area contributed by atoms with E-state index < -0.39 is 5.41 Å². The van der Waals surface area contributed by atoms with E-state index in [2.05, 4.69) is 172 Å². The van der Waals surface area contributed by atoms with E-state index in [0.717, 1.165) is 45.0 Å². The normalized spacial score (nSPS) is 14.4. The van der Waals surface area contributed by atoms with Crippen LogP contribution in [0.4, 0.5) is 0 Å². The van der Waals surface area contributed by atoms with Crippen LogP contribution < -0.4 is 9.47 Å². The van der Waals surface area contributed by atoms with Crippen LogP contribution in [0.1, 0.15) is 47.2 Å². The second-order valence-corrected chi connectivity index (χ2v) is 16.5. The van der Waals surface area contributed by atoms with Gasteiger partial charge in [0.15, 0.2) is 28.8 Å². The SMILES string of the molecule is CC1(C)c2ccccc2-c2ccc(-c3cc(-c4ccccc4)nc(-c4ccc5c(c4)Oc4ccc6c(c4O5)-c4ccccc4C6(c4ccccc4)c4ccccc4)n3)cc21. The first-order chi connectivity index (χ1) is 29.5. The van der Waals surface area contributed by atoms with Gasteiger partial charge in [0.25, 0.3) is 0 Å². The highest BCUT2D eigenvalue weighted by molar-refractivity contribution is 5.92. The summed E-state index contributed by atoms with van der Waals surface area (Å²) in [5.74, 6) is 3.28. The van der Waals surface area contributed by atoms with E-state index in [4.69, 9.17) is 19.4 Å². The summed E-state index contributed by atoms with van der Waals surface area (Å²) < 4.78 is 13.8. The first-order valence-electron chi connectivity index (χ1n) is 20.6. The van der Waals surface area contributed by atoms with E-state index in [1.807, 2.05) is 36.4 Å². The average Bonchev–Trinajstić information content (AvgIpc) is 3.74. The fourth-order valence-electron chi connectivity index (χ4n) is 10.0. The molecule has 1 aromatic heterocycles. The van der Waals surface area contributed by atoms with Crippen molar-refractivity contribution in [1.82, 2.24) is 9.97 Å². The van der Waals surface area contributed by atoms with Crippen LogP contribution in [0.3, 0.4) is 0 Å². The molecule has 2 aliphatic carbocycles. The molecule has 12 rings (SSSR count). The van der Waals surface area contributed by atoms with Crippen molar-refractivity contribution in [3.63, 3.8) is 0 Å². The molecule has 0 amide bonds. The van der Waals surface area contributed by atoms with Crippen LogP contribution in [0.5, 0.6) is 23.0 Å². The topological polar surface area (TPSA) is 44.2 Å². The van der Waals surface area contributed by atoms with Crippen LogP contribution in [0, 0.1) is 0 Å². The summed E-state index contributed by atoms with van der Waals surface area (Å²) in [6.07, 6.45) is 0. The van der Waals surface area contributed by atoms with Crippen molar-refractivity contribution in [3.05, 3.63) is 228 Å². The number of hydrogen-bond donors (Lipinski definition) is 0. The lowest BCUT2D eigenvalue weighted by Crippen LogP contribution is -2.28. The summed E-state index contributed by atoms with van der Waals surface area (Å²) >= 11 is 0. The number of ether oxygens (including phenoxy) is 2. The smallest absolute Gasteiger partial charge is 0.178 e. The van der Waals surface area contributed by atoms with Gasteiger partial charge in [-0.05, 0) is 86.5 Å². The van der Waals surface area contributed by atoms with Crippen molar-refractivity contribution >= 4 is 0 Å². The lowest BCUT2D eigenvalue weighted by molar-refractivity contribution is 0.360. The van der Waals surface area contributed by atoms with Crippen LogP contribution in [0.15, 0.2) is 194 Å². The summed E-state index contributed by atoms with van der Waals surface area (Å²) in [4.78, 5) is 10.4. The van der Waals surface area contributed by atoms with Gasteiger partial charge in [-0.3, -0.25) is 0 Å². The Morgan fingerprint density at radius 1 is 0.383 bits per heavy atom. The molecule has 0 saturated carbocycles. The van der Waals surface area contributed by atoms with E-state index >= 15 is 0 Å². The number of fused-ring (bicyclic) bond motifs is 9. The highest BCUT2D eigenvalue weighted by atomic mass is 16.6. The van der Waals surface area contributed by atoms with E-state index in [0.29, 0.717) is 23.1 Å². The van der Waals surface area contributed by atoms with Crippen molar-refractivity contribution in [2.45, 2.75) is 24.7 Å². The van der Waals surface area contributed by atoms with Crippen LogP contribution in [0.2, 0.25) is 0 Å². The van der Waals surface area contributed by atoms with Gasteiger partial charge in [-0.2, -0.15) is 0 Å². The highest BCUT2D eigenvalue weighted by Crippen LogP contribution is 2.62. The van der Waals surface area contributed by atoms with Gasteiger partial charge in [-0.15, -0.1) is 0 Å². The number of benzene rings is 8. The van der Waals surface area contributed by atoms with Gasteiger partial charge >= 0.3 is 0 Å². The molecule has 9 aromatic rings. The molecule has 284 valence electrons. The van der Waals surface area contributed by atoms with Crippen molar-refractivity contribution in [3.8, 4) is 79.2 Å². The molecule has 0 N–H and O–H groups in total. The minimum Gasteiger partial charge on any atom is -0.449 e. The molecule has 0 fully saturated rings. The number of rotatable bonds is 5. The molecule has 0 radical (unpaired) electrons. The zero-order valence-corrected chi connectivity index (χ0v) is 33.2. The Hall–Kier alpha value is -7.56. The third kappa shape index (κ3) is 4.97. The average molecular weight is 771 g/mol. The van der Waals surface area contributed by atoms with Crippen molar-refractivity contribution < 1.29 is 9.47 Å². The molecule has 2 heterocycles. The molecule has 0 bridgehead atoms. The maximum absolute atomic E-state index is 6.94. The van der Waals surface area contributed by atoms with Crippen LogP contribution >= 0.6 is 0 Å². The van der Waals surface area contributed by atoms with E-state index in [9.17, 15) is 0 Å². The minimum atomic E-state index is -0.533. The molecule has 3 aliphatic rings. The second-order valence-electron chi connectivity index (χ2n) is 16.5. The van der Waals surface area contributed by atoms with E-state index in [1.165, 1.54) is 44.5 Å². The Bertz CT molecular complexity index is 3130. The lowest BCUT2D eigenvalue weighted by atomic mass is 9.68. The first-order valence-corrected chi connectivity index (χ1v) is 20.6. The molecule has 4 nitrogen and oxygen atoms in total. The quantitative estimate of drug-likeness (QED) is 0.175. The summed E-state index contributed by atoms with van der Waals surface area (Å²) in [6.45, 7) is 4.62. The zero-order chi connectivity index (χ0) is 40.0. The molecule has 0 saturated heterocycles. The van der Waals surface area contributed by atoms with Gasteiger partial charge in [-0.1, -0.05) is 172 Å². The molecule has 4 heteroatoms. The number of aromatic nitrogens is 2. The Labute approximate surface area is 349 Å². The minimum absolute atomic E-state index is 0.126. The second kappa shape index (κ2) is 13.0.